The van der Waals surface area contributed by atoms with Crippen molar-refractivity contribution in [3.63, 3.8) is 0 Å². The largest absolute Gasteiger partial charge is 0.331 e. The van der Waals surface area contributed by atoms with Crippen LogP contribution < -0.4 is 0 Å². The smallest absolute Gasteiger partial charge is 0.235 e. The molecule has 2 unspecified atom stereocenters. The van der Waals surface area contributed by atoms with Crippen LogP contribution in [-0.4, -0.2) is 62.5 Å². The molecule has 0 bridgehead atoms. The van der Waals surface area contributed by atoms with E-state index in [1.807, 2.05) is 95.9 Å². The Morgan fingerprint density at radius 1 is 1.00 bits per heavy atom. The molecular weight excluding hydrogens is 460 g/mol. The average Bonchev–Trinajstić information content (AvgIpc) is 3.50. The molecule has 7 nitrogen and oxygen atoms in total. The number of hydrogen-bond donors (Lipinski definition) is 1. The fraction of sp³-hybridized carbons (Fsp3) is 0.267. The van der Waals surface area contributed by atoms with E-state index < -0.39 is 5.92 Å². The van der Waals surface area contributed by atoms with Crippen LogP contribution in [0.15, 0.2) is 91.0 Å². The molecule has 186 valence electrons. The van der Waals surface area contributed by atoms with E-state index in [2.05, 4.69) is 44.4 Å². The molecule has 4 aromatic rings. The molecule has 0 saturated carbocycles. The summed E-state index contributed by atoms with van der Waals surface area (Å²) in [5.74, 6) is 6.72. The summed E-state index contributed by atoms with van der Waals surface area (Å²) in [5, 5.41) is 14.9. The van der Waals surface area contributed by atoms with E-state index in [4.69, 9.17) is 0 Å². The van der Waals surface area contributed by atoms with Gasteiger partial charge in [0, 0.05) is 18.2 Å². The number of aromatic amines is 1. The van der Waals surface area contributed by atoms with Gasteiger partial charge in [-0.05, 0) is 43.1 Å². The number of carbonyl (C=O) groups is 1. The van der Waals surface area contributed by atoms with Crippen LogP contribution in [0.5, 0.6) is 0 Å². The molecule has 3 aromatic carbocycles. The van der Waals surface area contributed by atoms with Gasteiger partial charge in [-0.1, -0.05) is 95.9 Å². The Hall–Kier alpha value is -4.28. The van der Waals surface area contributed by atoms with Crippen molar-refractivity contribution >= 4 is 5.91 Å². The zero-order valence-corrected chi connectivity index (χ0v) is 20.9. The first-order chi connectivity index (χ1) is 18.2. The van der Waals surface area contributed by atoms with Gasteiger partial charge in [0.2, 0.25) is 5.91 Å². The van der Waals surface area contributed by atoms with Gasteiger partial charge < -0.3 is 4.90 Å². The SMILES string of the molecule is CN(CC#Cc1ccccc1)C1CCN(C(=O)C(c2ccccc2)c2ccccc2)C(c2nn[nH]n2)C1. The lowest BCUT2D eigenvalue weighted by Gasteiger charge is -2.42. The molecule has 0 aliphatic carbocycles. The van der Waals surface area contributed by atoms with E-state index in [0.29, 0.717) is 25.3 Å². The highest BCUT2D eigenvalue weighted by atomic mass is 16.2. The topological polar surface area (TPSA) is 78.0 Å². The number of aromatic nitrogens is 4. The van der Waals surface area contributed by atoms with Gasteiger partial charge in [-0.15, -0.1) is 10.2 Å². The van der Waals surface area contributed by atoms with E-state index in [-0.39, 0.29) is 18.0 Å². The molecule has 1 aliphatic rings. The number of nitrogens with one attached hydrogen (secondary N) is 1. The normalized spacial score (nSPS) is 17.4. The number of likely N-dealkylation sites (tertiary alicyclic amines) is 1. The van der Waals surface area contributed by atoms with Crippen LogP contribution in [0.3, 0.4) is 0 Å². The predicted molar refractivity (Wildman–Crippen MR) is 142 cm³/mol. The van der Waals surface area contributed by atoms with E-state index >= 15 is 0 Å². The van der Waals surface area contributed by atoms with Crippen molar-refractivity contribution in [1.82, 2.24) is 30.4 Å². The second-order valence-corrected chi connectivity index (χ2v) is 9.33. The zero-order chi connectivity index (χ0) is 25.5. The fourth-order valence-electron chi connectivity index (χ4n) is 5.02. The van der Waals surface area contributed by atoms with Crippen molar-refractivity contribution in [3.05, 3.63) is 114 Å². The highest BCUT2D eigenvalue weighted by Gasteiger charge is 2.39. The van der Waals surface area contributed by atoms with Crippen molar-refractivity contribution in [3.8, 4) is 11.8 Å². The zero-order valence-electron chi connectivity index (χ0n) is 20.9. The number of amides is 1. The maximum absolute atomic E-state index is 14.2. The van der Waals surface area contributed by atoms with E-state index in [9.17, 15) is 4.79 Å². The van der Waals surface area contributed by atoms with Gasteiger partial charge in [0.25, 0.3) is 0 Å². The standard InChI is InChI=1S/C30H30N6O/c1-35(20-11-14-23-12-5-2-6-13-23)26-19-21-36(27(22-26)29-31-33-34-32-29)30(37)28(24-15-7-3-8-16-24)25-17-9-4-10-18-25/h2-10,12-13,15-18,26-28H,19-22H2,1H3,(H,31,32,33,34). The lowest BCUT2D eigenvalue weighted by molar-refractivity contribution is -0.137. The third-order valence-corrected chi connectivity index (χ3v) is 6.99. The first-order valence-corrected chi connectivity index (χ1v) is 12.6. The monoisotopic (exact) mass is 490 g/mol. The summed E-state index contributed by atoms with van der Waals surface area (Å²) in [6.07, 6.45) is 1.56. The molecule has 37 heavy (non-hydrogen) atoms. The Labute approximate surface area is 217 Å². The maximum atomic E-state index is 14.2. The van der Waals surface area contributed by atoms with Crippen LogP contribution in [0.2, 0.25) is 0 Å². The van der Waals surface area contributed by atoms with Crippen LogP contribution in [0.4, 0.5) is 0 Å². The van der Waals surface area contributed by atoms with Crippen LogP contribution in [0, 0.1) is 11.8 Å². The molecule has 2 atom stereocenters. The quantitative estimate of drug-likeness (QED) is 0.413. The Morgan fingerprint density at radius 3 is 2.22 bits per heavy atom. The second-order valence-electron chi connectivity index (χ2n) is 9.33. The van der Waals surface area contributed by atoms with Crippen LogP contribution in [0.25, 0.3) is 0 Å². The van der Waals surface area contributed by atoms with Gasteiger partial charge in [-0.2, -0.15) is 5.21 Å². The van der Waals surface area contributed by atoms with Crippen molar-refractivity contribution in [2.24, 2.45) is 0 Å². The summed E-state index contributed by atoms with van der Waals surface area (Å²) in [4.78, 5) is 18.4. The summed E-state index contributed by atoms with van der Waals surface area (Å²) in [5.41, 5.74) is 2.95. The average molecular weight is 491 g/mol. The number of nitrogens with zero attached hydrogens (tertiary/aromatic N) is 5. The van der Waals surface area contributed by atoms with Gasteiger partial charge >= 0.3 is 0 Å². The van der Waals surface area contributed by atoms with Crippen LogP contribution in [-0.2, 0) is 4.79 Å². The number of carbonyl (C=O) groups excluding carboxylic acids is 1. The van der Waals surface area contributed by atoms with E-state index in [1.165, 1.54) is 0 Å². The molecule has 1 aromatic heterocycles. The Kier molecular flexibility index (Phi) is 7.68. The molecular formula is C30H30N6O. The number of H-pyrrole nitrogens is 1. The number of benzene rings is 3. The molecule has 0 radical (unpaired) electrons. The number of piperidine rings is 1. The minimum atomic E-state index is -0.400. The molecule has 1 amide bonds. The Morgan fingerprint density at radius 2 is 1.62 bits per heavy atom. The van der Waals surface area contributed by atoms with Crippen molar-refractivity contribution in [2.75, 3.05) is 20.1 Å². The number of tetrazole rings is 1. The molecule has 1 fully saturated rings. The van der Waals surface area contributed by atoms with Crippen LogP contribution >= 0.6 is 0 Å². The first kappa shape index (κ1) is 24.4. The first-order valence-electron chi connectivity index (χ1n) is 12.6. The highest BCUT2D eigenvalue weighted by Crippen LogP contribution is 2.36. The van der Waals surface area contributed by atoms with Gasteiger partial charge in [0.1, 0.15) is 0 Å². The van der Waals surface area contributed by atoms with Crippen molar-refractivity contribution in [2.45, 2.75) is 30.8 Å². The minimum absolute atomic E-state index is 0.0529. The van der Waals surface area contributed by atoms with Crippen LogP contribution in [0.1, 0.15) is 47.3 Å². The molecule has 1 saturated heterocycles. The summed E-state index contributed by atoms with van der Waals surface area (Å²) in [6.45, 7) is 1.25. The number of hydrogen-bond acceptors (Lipinski definition) is 5. The van der Waals surface area contributed by atoms with Crippen molar-refractivity contribution in [1.29, 1.82) is 0 Å². The highest BCUT2D eigenvalue weighted by molar-refractivity contribution is 5.87. The minimum Gasteiger partial charge on any atom is -0.331 e. The summed E-state index contributed by atoms with van der Waals surface area (Å²) < 4.78 is 0. The molecule has 7 heteroatoms. The fourth-order valence-corrected chi connectivity index (χ4v) is 5.02. The lowest BCUT2D eigenvalue weighted by Crippen LogP contribution is -2.49. The molecule has 0 spiro atoms. The van der Waals surface area contributed by atoms with Gasteiger partial charge in [-0.25, -0.2) is 0 Å². The summed E-state index contributed by atoms with van der Waals surface area (Å²) in [6, 6.07) is 29.9. The molecule has 1 N–H and O–H groups in total. The van der Waals surface area contributed by atoms with Crippen molar-refractivity contribution < 1.29 is 4.79 Å². The summed E-state index contributed by atoms with van der Waals surface area (Å²) >= 11 is 0. The van der Waals surface area contributed by atoms with Gasteiger partial charge in [0.15, 0.2) is 5.82 Å². The van der Waals surface area contributed by atoms with Gasteiger partial charge in [0.05, 0.1) is 18.5 Å². The third-order valence-electron chi connectivity index (χ3n) is 6.99. The maximum Gasteiger partial charge on any atom is 0.235 e. The number of rotatable bonds is 6. The molecule has 1 aliphatic heterocycles. The third kappa shape index (κ3) is 5.76. The predicted octanol–water partition coefficient (Wildman–Crippen LogP) is 4.05. The van der Waals surface area contributed by atoms with E-state index in [0.717, 1.165) is 23.1 Å². The molecule has 5 rings (SSSR count). The Balaban J connectivity index is 1.38. The van der Waals surface area contributed by atoms with Gasteiger partial charge in [-0.3, -0.25) is 9.69 Å². The molecule has 2 heterocycles. The second kappa shape index (κ2) is 11.6. The lowest BCUT2D eigenvalue weighted by atomic mass is 9.87. The Bertz CT molecular complexity index is 1290. The van der Waals surface area contributed by atoms with E-state index in [1.54, 1.807) is 0 Å². The summed E-state index contributed by atoms with van der Waals surface area (Å²) in [7, 11) is 2.09.